The van der Waals surface area contributed by atoms with Gasteiger partial charge in [0.05, 0.1) is 12.0 Å². The summed E-state index contributed by atoms with van der Waals surface area (Å²) in [6.45, 7) is 1.62. The maximum Gasteiger partial charge on any atom is 0.327 e. The molecule has 0 unspecified atom stereocenters. The highest BCUT2D eigenvalue weighted by atomic mass is 16.6. The maximum absolute atomic E-state index is 11.1. The van der Waals surface area contributed by atoms with Crippen LogP contribution in [0.3, 0.4) is 0 Å². The van der Waals surface area contributed by atoms with Crippen LogP contribution in [0.25, 0.3) is 0 Å². The highest BCUT2D eigenvalue weighted by Crippen LogP contribution is 2.17. The molecule has 0 heterocycles. The van der Waals surface area contributed by atoms with Crippen molar-refractivity contribution in [3.05, 3.63) is 34.4 Å². The van der Waals surface area contributed by atoms with Crippen LogP contribution in [-0.4, -0.2) is 24.0 Å². The van der Waals surface area contributed by atoms with Crippen molar-refractivity contribution in [2.45, 2.75) is 13.0 Å². The fraction of sp³-hybridized carbons (Fsp3) is 0.300. The molecule has 86 valence electrons. The summed E-state index contributed by atoms with van der Waals surface area (Å²) in [5.74, 6) is -0.425. The number of carbonyl (C=O) groups is 1. The normalized spacial score (nSPS) is 11.6. The van der Waals surface area contributed by atoms with Gasteiger partial charge in [0.1, 0.15) is 6.04 Å². The van der Waals surface area contributed by atoms with Gasteiger partial charge in [-0.1, -0.05) is 6.07 Å². The van der Waals surface area contributed by atoms with E-state index in [1.165, 1.54) is 19.2 Å². The van der Waals surface area contributed by atoms with Gasteiger partial charge in [0.25, 0.3) is 5.69 Å². The predicted octanol–water partition coefficient (Wildman–Crippen LogP) is 1.57. The Morgan fingerprint density at radius 1 is 1.56 bits per heavy atom. The van der Waals surface area contributed by atoms with Crippen molar-refractivity contribution in [2.75, 3.05) is 12.4 Å². The first-order chi connectivity index (χ1) is 7.54. The lowest BCUT2D eigenvalue weighted by molar-refractivity contribution is -0.384. The minimum Gasteiger partial charge on any atom is -0.467 e. The molecular formula is C10H12N2O4. The van der Waals surface area contributed by atoms with Gasteiger partial charge in [-0.05, 0) is 13.0 Å². The summed E-state index contributed by atoms with van der Waals surface area (Å²) >= 11 is 0. The Bertz CT molecular complexity index is 406. The topological polar surface area (TPSA) is 81.5 Å². The molecular weight excluding hydrogens is 212 g/mol. The van der Waals surface area contributed by atoms with Gasteiger partial charge in [0, 0.05) is 17.8 Å². The Morgan fingerprint density at radius 2 is 2.25 bits per heavy atom. The van der Waals surface area contributed by atoms with Crippen LogP contribution in [0.2, 0.25) is 0 Å². The maximum atomic E-state index is 11.1. The number of benzene rings is 1. The molecule has 1 N–H and O–H groups in total. The number of ether oxygens (including phenoxy) is 1. The SMILES string of the molecule is COC(=O)[C@H](C)Nc1cccc([N+](=O)[O-])c1. The number of nitro benzene ring substituents is 1. The van der Waals surface area contributed by atoms with E-state index in [2.05, 4.69) is 10.1 Å². The first-order valence-electron chi connectivity index (χ1n) is 4.63. The van der Waals surface area contributed by atoms with Gasteiger partial charge in [-0.25, -0.2) is 4.79 Å². The molecule has 1 atom stereocenters. The van der Waals surface area contributed by atoms with Gasteiger partial charge in [-0.3, -0.25) is 10.1 Å². The number of hydrogen-bond donors (Lipinski definition) is 1. The molecule has 0 aromatic heterocycles. The van der Waals surface area contributed by atoms with Crippen molar-refractivity contribution in [1.82, 2.24) is 0 Å². The average Bonchev–Trinajstić information content (AvgIpc) is 2.28. The molecule has 1 aromatic carbocycles. The van der Waals surface area contributed by atoms with Gasteiger partial charge < -0.3 is 10.1 Å². The van der Waals surface area contributed by atoms with Crippen molar-refractivity contribution in [2.24, 2.45) is 0 Å². The smallest absolute Gasteiger partial charge is 0.327 e. The standard InChI is InChI=1S/C10H12N2O4/c1-7(10(13)16-2)11-8-4-3-5-9(6-8)12(14)15/h3-7,11H,1-2H3/t7-/m0/s1. The number of rotatable bonds is 4. The second kappa shape index (κ2) is 5.11. The summed E-state index contributed by atoms with van der Waals surface area (Å²) in [7, 11) is 1.29. The molecule has 6 heteroatoms. The summed E-state index contributed by atoms with van der Waals surface area (Å²) < 4.78 is 4.53. The highest BCUT2D eigenvalue weighted by Gasteiger charge is 2.13. The fourth-order valence-corrected chi connectivity index (χ4v) is 1.19. The predicted molar refractivity (Wildman–Crippen MR) is 58.2 cm³/mol. The van der Waals surface area contributed by atoms with Crippen LogP contribution in [0.15, 0.2) is 24.3 Å². The summed E-state index contributed by atoms with van der Waals surface area (Å²) in [5, 5.41) is 13.3. The number of anilines is 1. The zero-order valence-corrected chi connectivity index (χ0v) is 8.97. The summed E-state index contributed by atoms with van der Waals surface area (Å²) in [6.07, 6.45) is 0. The molecule has 1 aromatic rings. The number of carbonyl (C=O) groups excluding carboxylic acids is 1. The molecule has 0 aliphatic carbocycles. The minimum atomic E-state index is -0.549. The molecule has 16 heavy (non-hydrogen) atoms. The average molecular weight is 224 g/mol. The lowest BCUT2D eigenvalue weighted by atomic mass is 10.2. The Labute approximate surface area is 92.4 Å². The van der Waals surface area contributed by atoms with E-state index in [0.29, 0.717) is 5.69 Å². The number of hydrogen-bond acceptors (Lipinski definition) is 5. The number of nitrogens with zero attached hydrogens (tertiary/aromatic N) is 1. The van der Waals surface area contributed by atoms with E-state index in [4.69, 9.17) is 0 Å². The van der Waals surface area contributed by atoms with Gasteiger partial charge in [-0.2, -0.15) is 0 Å². The fourth-order valence-electron chi connectivity index (χ4n) is 1.19. The first kappa shape index (κ1) is 12.0. The van der Waals surface area contributed by atoms with E-state index in [1.54, 1.807) is 19.1 Å². The lowest BCUT2D eigenvalue weighted by Gasteiger charge is -2.12. The second-order valence-electron chi connectivity index (χ2n) is 3.20. The van der Waals surface area contributed by atoms with E-state index in [1.807, 2.05) is 0 Å². The molecule has 0 saturated heterocycles. The molecule has 0 bridgehead atoms. The monoisotopic (exact) mass is 224 g/mol. The molecule has 6 nitrogen and oxygen atoms in total. The van der Waals surface area contributed by atoms with Gasteiger partial charge in [0.2, 0.25) is 0 Å². The van der Waals surface area contributed by atoms with Crippen molar-refractivity contribution >= 4 is 17.3 Å². The van der Waals surface area contributed by atoms with Crippen LogP contribution in [0.1, 0.15) is 6.92 Å². The molecule has 0 saturated carbocycles. The van der Waals surface area contributed by atoms with Crippen LogP contribution < -0.4 is 5.32 Å². The second-order valence-corrected chi connectivity index (χ2v) is 3.20. The van der Waals surface area contributed by atoms with Crippen LogP contribution in [0.4, 0.5) is 11.4 Å². The van der Waals surface area contributed by atoms with Crippen molar-refractivity contribution < 1.29 is 14.5 Å². The molecule has 0 radical (unpaired) electrons. The van der Waals surface area contributed by atoms with Gasteiger partial charge in [0.15, 0.2) is 0 Å². The lowest BCUT2D eigenvalue weighted by Crippen LogP contribution is -2.27. The van der Waals surface area contributed by atoms with E-state index in [-0.39, 0.29) is 5.69 Å². The third-order valence-electron chi connectivity index (χ3n) is 1.99. The summed E-state index contributed by atoms with van der Waals surface area (Å²) in [6, 6.07) is 5.39. The molecule has 1 rings (SSSR count). The van der Waals surface area contributed by atoms with Crippen molar-refractivity contribution in [1.29, 1.82) is 0 Å². The summed E-state index contributed by atoms with van der Waals surface area (Å²) in [4.78, 5) is 21.1. The Hall–Kier alpha value is -2.11. The molecule has 0 spiro atoms. The van der Waals surface area contributed by atoms with Crippen LogP contribution in [0, 0.1) is 10.1 Å². The first-order valence-corrected chi connectivity index (χ1v) is 4.63. The molecule has 0 aliphatic heterocycles. The third-order valence-corrected chi connectivity index (χ3v) is 1.99. The number of nitrogens with one attached hydrogen (secondary N) is 1. The van der Waals surface area contributed by atoms with E-state index < -0.39 is 16.9 Å². The van der Waals surface area contributed by atoms with Crippen LogP contribution in [0.5, 0.6) is 0 Å². The van der Waals surface area contributed by atoms with Crippen LogP contribution >= 0.6 is 0 Å². The molecule has 0 fully saturated rings. The zero-order chi connectivity index (χ0) is 12.1. The van der Waals surface area contributed by atoms with Gasteiger partial charge >= 0.3 is 5.97 Å². The van der Waals surface area contributed by atoms with Crippen molar-refractivity contribution in [3.63, 3.8) is 0 Å². The molecule has 0 aliphatic rings. The van der Waals surface area contributed by atoms with Crippen molar-refractivity contribution in [3.8, 4) is 0 Å². The number of non-ortho nitro benzene ring substituents is 1. The van der Waals surface area contributed by atoms with E-state index in [0.717, 1.165) is 0 Å². The highest BCUT2D eigenvalue weighted by molar-refractivity contribution is 5.78. The quantitative estimate of drug-likeness (QED) is 0.477. The largest absolute Gasteiger partial charge is 0.467 e. The Morgan fingerprint density at radius 3 is 2.81 bits per heavy atom. The summed E-state index contributed by atoms with van der Waals surface area (Å²) in [5.41, 5.74) is 0.481. The number of methoxy groups -OCH3 is 1. The van der Waals surface area contributed by atoms with E-state index in [9.17, 15) is 14.9 Å². The molecule has 0 amide bonds. The third kappa shape index (κ3) is 2.94. The Balaban J connectivity index is 2.78. The van der Waals surface area contributed by atoms with E-state index >= 15 is 0 Å². The zero-order valence-electron chi connectivity index (χ0n) is 8.97. The number of esters is 1. The van der Waals surface area contributed by atoms with Gasteiger partial charge in [-0.15, -0.1) is 0 Å². The Kier molecular flexibility index (Phi) is 3.82. The minimum absolute atomic E-state index is 0.0259. The number of nitro groups is 1. The van der Waals surface area contributed by atoms with Crippen LogP contribution in [-0.2, 0) is 9.53 Å².